The Labute approximate surface area is 172 Å². The van der Waals surface area contributed by atoms with Crippen LogP contribution < -0.4 is 5.32 Å². The van der Waals surface area contributed by atoms with Gasteiger partial charge in [-0.15, -0.1) is 0 Å². The van der Waals surface area contributed by atoms with E-state index in [1.54, 1.807) is 36.4 Å². The molecule has 7 heteroatoms. The van der Waals surface area contributed by atoms with Crippen LogP contribution in [0, 0.1) is 5.92 Å². The molecule has 0 aromatic heterocycles. The summed E-state index contributed by atoms with van der Waals surface area (Å²) in [5, 5.41) is 4.14. The highest BCUT2D eigenvalue weighted by molar-refractivity contribution is 7.86. The van der Waals surface area contributed by atoms with Gasteiger partial charge in [0.25, 0.3) is 10.1 Å². The Morgan fingerprint density at radius 3 is 2.55 bits per heavy atom. The summed E-state index contributed by atoms with van der Waals surface area (Å²) in [7, 11) is -4.50. The highest BCUT2D eigenvalue weighted by atomic mass is 32.2. The summed E-state index contributed by atoms with van der Waals surface area (Å²) in [5.74, 6) is 0.502. The third-order valence-corrected chi connectivity index (χ3v) is 6.63. The van der Waals surface area contributed by atoms with Gasteiger partial charge in [-0.3, -0.25) is 4.55 Å². The number of hydrogen-bond donors (Lipinski definition) is 2. The standard InChI is InChI=1S/C22H29NO5S/c1-2-28-21(14-16-8-4-3-5-9-16)20(15-24)23-19-13-12-17-10-6-7-11-18(17)22(19)29(25,26)27/h6-7,10-13,15-16,20-21,23H,2-5,8-9,14H2,1H3,(H,25,26,27). The van der Waals surface area contributed by atoms with Crippen molar-refractivity contribution in [3.8, 4) is 0 Å². The molecule has 2 atom stereocenters. The minimum absolute atomic E-state index is 0.205. The molecule has 6 nitrogen and oxygen atoms in total. The monoisotopic (exact) mass is 419 g/mol. The lowest BCUT2D eigenvalue weighted by Gasteiger charge is -2.30. The first kappa shape index (κ1) is 21.7. The molecule has 158 valence electrons. The molecule has 0 amide bonds. The lowest BCUT2D eigenvalue weighted by Crippen LogP contribution is -2.39. The number of rotatable bonds is 9. The van der Waals surface area contributed by atoms with Crippen molar-refractivity contribution in [2.45, 2.75) is 62.5 Å². The zero-order valence-electron chi connectivity index (χ0n) is 16.7. The van der Waals surface area contributed by atoms with Crippen LogP contribution in [0.3, 0.4) is 0 Å². The number of aldehydes is 1. The van der Waals surface area contributed by atoms with Crippen LogP contribution >= 0.6 is 0 Å². The maximum atomic E-state index is 12.1. The number of carbonyl (C=O) groups is 1. The number of ether oxygens (including phenoxy) is 1. The van der Waals surface area contributed by atoms with Gasteiger partial charge in [-0.1, -0.05) is 62.4 Å². The fourth-order valence-corrected chi connectivity index (χ4v) is 5.18. The van der Waals surface area contributed by atoms with Crippen molar-refractivity contribution in [1.82, 2.24) is 0 Å². The minimum atomic E-state index is -4.50. The van der Waals surface area contributed by atoms with Crippen LogP contribution in [-0.4, -0.2) is 38.0 Å². The highest BCUT2D eigenvalue weighted by Crippen LogP contribution is 2.33. The number of anilines is 1. The van der Waals surface area contributed by atoms with E-state index >= 15 is 0 Å². The fourth-order valence-electron chi connectivity index (χ4n) is 4.31. The summed E-state index contributed by atoms with van der Waals surface area (Å²) in [6.45, 7) is 2.35. The molecule has 0 saturated heterocycles. The Morgan fingerprint density at radius 1 is 1.17 bits per heavy atom. The van der Waals surface area contributed by atoms with Crippen LogP contribution in [0.15, 0.2) is 41.3 Å². The summed E-state index contributed by atoms with van der Waals surface area (Å²) >= 11 is 0. The van der Waals surface area contributed by atoms with Crippen LogP contribution in [-0.2, 0) is 19.6 Å². The zero-order valence-corrected chi connectivity index (χ0v) is 17.5. The molecule has 3 rings (SSSR count). The van der Waals surface area contributed by atoms with Crippen LogP contribution in [0.4, 0.5) is 5.69 Å². The third-order valence-electron chi connectivity index (χ3n) is 5.68. The molecule has 2 unspecified atom stereocenters. The van der Waals surface area contributed by atoms with Gasteiger partial charge in [-0.2, -0.15) is 8.42 Å². The number of fused-ring (bicyclic) bond motifs is 1. The molecule has 0 aliphatic heterocycles. The van der Waals surface area contributed by atoms with Crippen molar-refractivity contribution < 1.29 is 22.5 Å². The maximum Gasteiger partial charge on any atom is 0.297 e. The van der Waals surface area contributed by atoms with E-state index in [-0.39, 0.29) is 16.7 Å². The molecule has 1 saturated carbocycles. The van der Waals surface area contributed by atoms with Crippen LogP contribution in [0.1, 0.15) is 45.4 Å². The molecular weight excluding hydrogens is 390 g/mol. The molecule has 1 aliphatic rings. The van der Waals surface area contributed by atoms with Crippen molar-refractivity contribution in [3.05, 3.63) is 36.4 Å². The molecule has 0 spiro atoms. The van der Waals surface area contributed by atoms with Crippen molar-refractivity contribution >= 4 is 32.9 Å². The van der Waals surface area contributed by atoms with Gasteiger partial charge in [-0.25, -0.2) is 0 Å². The van der Waals surface area contributed by atoms with Crippen molar-refractivity contribution in [1.29, 1.82) is 0 Å². The summed E-state index contributed by atoms with van der Waals surface area (Å²) in [6.07, 6.45) is 7.05. The first-order valence-electron chi connectivity index (χ1n) is 10.3. The summed E-state index contributed by atoms with van der Waals surface area (Å²) in [5.41, 5.74) is 0.205. The average Bonchev–Trinajstić information content (AvgIpc) is 2.71. The zero-order chi connectivity index (χ0) is 20.9. The van der Waals surface area contributed by atoms with E-state index in [1.165, 1.54) is 19.3 Å². The van der Waals surface area contributed by atoms with Gasteiger partial charge in [0.2, 0.25) is 0 Å². The molecule has 29 heavy (non-hydrogen) atoms. The van der Waals surface area contributed by atoms with Gasteiger partial charge in [0.1, 0.15) is 17.2 Å². The smallest absolute Gasteiger partial charge is 0.297 e. The predicted octanol–water partition coefficient (Wildman–Crippen LogP) is 4.44. The van der Waals surface area contributed by atoms with Gasteiger partial charge in [0, 0.05) is 12.0 Å². The molecule has 1 aliphatic carbocycles. The summed E-state index contributed by atoms with van der Waals surface area (Å²) in [4.78, 5) is 11.7. The molecule has 0 radical (unpaired) electrons. The van der Waals surface area contributed by atoms with E-state index in [2.05, 4.69) is 5.32 Å². The van der Waals surface area contributed by atoms with Gasteiger partial charge in [0.05, 0.1) is 11.8 Å². The van der Waals surface area contributed by atoms with Crippen LogP contribution in [0.5, 0.6) is 0 Å². The van der Waals surface area contributed by atoms with Gasteiger partial charge >= 0.3 is 0 Å². The average molecular weight is 420 g/mol. The predicted molar refractivity (Wildman–Crippen MR) is 114 cm³/mol. The molecule has 0 heterocycles. The fraction of sp³-hybridized carbons (Fsp3) is 0.500. The van der Waals surface area contributed by atoms with Crippen LogP contribution in [0.25, 0.3) is 10.8 Å². The molecule has 2 aromatic carbocycles. The van der Waals surface area contributed by atoms with Gasteiger partial charge in [-0.05, 0) is 30.7 Å². The lowest BCUT2D eigenvalue weighted by molar-refractivity contribution is -0.111. The second-order valence-electron chi connectivity index (χ2n) is 7.68. The molecule has 1 fully saturated rings. The molecule has 0 bridgehead atoms. The van der Waals surface area contributed by atoms with E-state index in [1.807, 2.05) is 6.92 Å². The largest absolute Gasteiger partial charge is 0.376 e. The normalized spacial score (nSPS) is 17.7. The minimum Gasteiger partial charge on any atom is -0.376 e. The Balaban J connectivity index is 1.92. The summed E-state index contributed by atoms with van der Waals surface area (Å²) < 4.78 is 40.0. The Bertz CT molecular complexity index is 937. The second kappa shape index (κ2) is 9.69. The number of carbonyl (C=O) groups excluding carboxylic acids is 1. The lowest BCUT2D eigenvalue weighted by atomic mass is 9.84. The van der Waals surface area contributed by atoms with Gasteiger partial charge in [0.15, 0.2) is 0 Å². The maximum absolute atomic E-state index is 12.1. The topological polar surface area (TPSA) is 92.7 Å². The first-order valence-corrected chi connectivity index (χ1v) is 11.7. The highest BCUT2D eigenvalue weighted by Gasteiger charge is 2.28. The molecule has 2 N–H and O–H groups in total. The quantitative estimate of drug-likeness (QED) is 0.461. The Kier molecular flexibility index (Phi) is 7.27. The Hall–Kier alpha value is -1.96. The van der Waals surface area contributed by atoms with Crippen molar-refractivity contribution in [3.63, 3.8) is 0 Å². The summed E-state index contributed by atoms with van der Waals surface area (Å²) in [6, 6.07) is 9.57. The SMILES string of the molecule is CCOC(CC1CCCCC1)C(C=O)Nc1ccc2ccccc2c1S(=O)(=O)O. The first-order chi connectivity index (χ1) is 13.9. The van der Waals surface area contributed by atoms with E-state index in [0.29, 0.717) is 23.3 Å². The van der Waals surface area contributed by atoms with E-state index in [9.17, 15) is 17.8 Å². The number of hydrogen-bond acceptors (Lipinski definition) is 5. The number of benzene rings is 2. The molecular formula is C22H29NO5S. The van der Waals surface area contributed by atoms with Gasteiger partial charge < -0.3 is 14.8 Å². The van der Waals surface area contributed by atoms with Crippen molar-refractivity contribution in [2.24, 2.45) is 5.92 Å². The van der Waals surface area contributed by atoms with E-state index < -0.39 is 16.2 Å². The number of nitrogens with one attached hydrogen (secondary N) is 1. The van der Waals surface area contributed by atoms with Crippen LogP contribution in [0.2, 0.25) is 0 Å². The second-order valence-corrected chi connectivity index (χ2v) is 9.04. The van der Waals surface area contributed by atoms with E-state index in [0.717, 1.165) is 25.5 Å². The van der Waals surface area contributed by atoms with E-state index in [4.69, 9.17) is 4.74 Å². The van der Waals surface area contributed by atoms with Crippen molar-refractivity contribution in [2.75, 3.05) is 11.9 Å². The third kappa shape index (κ3) is 5.35. The Morgan fingerprint density at radius 2 is 1.90 bits per heavy atom. The molecule has 2 aromatic rings.